The summed E-state index contributed by atoms with van der Waals surface area (Å²) in [6.07, 6.45) is 0.927. The van der Waals surface area contributed by atoms with E-state index in [0.717, 1.165) is 16.7 Å². The largest absolute Gasteiger partial charge is 0.379 e. The van der Waals surface area contributed by atoms with Crippen LogP contribution in [-0.4, -0.2) is 78.6 Å². The quantitative estimate of drug-likeness (QED) is 0.0539. The predicted octanol–water partition coefficient (Wildman–Crippen LogP) is 5.30. The molecule has 3 rings (SSSR count). The molecule has 3 aromatic carbocycles. The normalized spacial score (nSPS) is 11.9. The lowest BCUT2D eigenvalue weighted by molar-refractivity contribution is 0.0166. The smallest absolute Gasteiger partial charge is 0.251 e. The van der Waals surface area contributed by atoms with Gasteiger partial charge in [-0.05, 0) is 62.0 Å². The van der Waals surface area contributed by atoms with E-state index < -0.39 is 15.8 Å². The van der Waals surface area contributed by atoms with Crippen molar-refractivity contribution < 1.29 is 32.2 Å². The number of sulfone groups is 1. The van der Waals surface area contributed by atoms with Crippen LogP contribution in [0.5, 0.6) is 0 Å². The average molecular weight is 651 g/mol. The minimum absolute atomic E-state index is 0.194. The standard InChI is InChI=1S/C34H42N4O7S/c1-26-3-7-28(8-4-26)9-10-31(25-46(41,42)32-15-5-27(2)6-16-32)33(39)29-11-13-30(14-12-29)34(40)36-17-19-43-21-23-45-24-22-44-20-18-37-38-35/h3-8,11-16,31H,9-10,17-25H2,1-2H3,(H,36,40). The van der Waals surface area contributed by atoms with E-state index >= 15 is 0 Å². The fourth-order valence-corrected chi connectivity index (χ4v) is 6.14. The Labute approximate surface area is 270 Å². The van der Waals surface area contributed by atoms with Gasteiger partial charge in [-0.2, -0.15) is 0 Å². The molecular weight excluding hydrogens is 608 g/mol. The molecule has 12 heteroatoms. The molecule has 0 aliphatic rings. The van der Waals surface area contributed by atoms with Gasteiger partial charge >= 0.3 is 0 Å². The first kappa shape index (κ1) is 36.4. The van der Waals surface area contributed by atoms with Crippen molar-refractivity contribution in [2.45, 2.75) is 31.6 Å². The van der Waals surface area contributed by atoms with Crippen LogP contribution < -0.4 is 5.32 Å². The van der Waals surface area contributed by atoms with Crippen LogP contribution in [0.25, 0.3) is 10.4 Å². The maximum atomic E-state index is 13.7. The summed E-state index contributed by atoms with van der Waals surface area (Å²) in [5.74, 6) is -1.65. The third-order valence-corrected chi connectivity index (χ3v) is 9.01. The molecule has 246 valence electrons. The molecule has 0 fully saturated rings. The van der Waals surface area contributed by atoms with Crippen LogP contribution in [0, 0.1) is 19.8 Å². The highest BCUT2D eigenvalue weighted by Gasteiger charge is 2.28. The third kappa shape index (κ3) is 12.7. The molecule has 0 radical (unpaired) electrons. The zero-order valence-electron chi connectivity index (χ0n) is 26.4. The van der Waals surface area contributed by atoms with Crippen LogP contribution in [0.3, 0.4) is 0 Å². The molecule has 0 aliphatic heterocycles. The number of aryl methyl sites for hydroxylation is 3. The Morgan fingerprint density at radius 1 is 0.783 bits per heavy atom. The summed E-state index contributed by atoms with van der Waals surface area (Å²) in [6.45, 7) is 6.62. The zero-order valence-corrected chi connectivity index (χ0v) is 27.2. The Kier molecular flexibility index (Phi) is 15.4. The molecule has 0 spiro atoms. The molecule has 0 saturated heterocycles. The van der Waals surface area contributed by atoms with E-state index in [-0.39, 0.29) is 28.9 Å². The number of carbonyl (C=O) groups is 2. The minimum atomic E-state index is -3.71. The summed E-state index contributed by atoms with van der Waals surface area (Å²) < 4.78 is 42.7. The Bertz CT molecular complexity index is 1540. The fourth-order valence-electron chi connectivity index (χ4n) is 4.54. The Morgan fingerprint density at radius 2 is 1.33 bits per heavy atom. The summed E-state index contributed by atoms with van der Waals surface area (Å²) in [4.78, 5) is 29.1. The molecule has 0 heterocycles. The number of ether oxygens (including phenoxy) is 3. The van der Waals surface area contributed by atoms with Crippen molar-refractivity contribution in [2.24, 2.45) is 11.0 Å². The summed E-state index contributed by atoms with van der Waals surface area (Å²) in [5.41, 5.74) is 12.0. The van der Waals surface area contributed by atoms with Crippen molar-refractivity contribution in [3.05, 3.63) is 111 Å². The first-order chi connectivity index (χ1) is 22.2. The molecule has 0 saturated carbocycles. The lowest BCUT2D eigenvalue weighted by Gasteiger charge is -2.17. The number of hydrogen-bond donors (Lipinski definition) is 1. The van der Waals surface area contributed by atoms with Gasteiger partial charge in [0.25, 0.3) is 5.91 Å². The van der Waals surface area contributed by atoms with Gasteiger partial charge in [-0.25, -0.2) is 8.42 Å². The minimum Gasteiger partial charge on any atom is -0.379 e. The number of nitrogens with one attached hydrogen (secondary N) is 1. The van der Waals surface area contributed by atoms with Gasteiger partial charge < -0.3 is 19.5 Å². The van der Waals surface area contributed by atoms with E-state index in [1.54, 1.807) is 48.5 Å². The van der Waals surface area contributed by atoms with Gasteiger partial charge in [0.2, 0.25) is 0 Å². The highest BCUT2D eigenvalue weighted by molar-refractivity contribution is 7.91. The first-order valence-electron chi connectivity index (χ1n) is 15.2. The topological polar surface area (TPSA) is 157 Å². The van der Waals surface area contributed by atoms with Gasteiger partial charge in [0, 0.05) is 35.0 Å². The van der Waals surface area contributed by atoms with Gasteiger partial charge in [0.05, 0.1) is 50.3 Å². The molecule has 0 aromatic heterocycles. The van der Waals surface area contributed by atoms with Crippen LogP contribution in [0.4, 0.5) is 0 Å². The van der Waals surface area contributed by atoms with Crippen LogP contribution in [-0.2, 0) is 30.5 Å². The molecule has 11 nitrogen and oxygen atoms in total. The molecule has 1 N–H and O–H groups in total. The molecule has 0 aliphatic carbocycles. The van der Waals surface area contributed by atoms with Gasteiger partial charge in [0.15, 0.2) is 15.6 Å². The summed E-state index contributed by atoms with van der Waals surface area (Å²) in [7, 11) is -3.71. The van der Waals surface area contributed by atoms with Crippen molar-refractivity contribution >= 4 is 21.5 Å². The molecule has 3 aromatic rings. The molecule has 1 atom stereocenters. The molecule has 46 heavy (non-hydrogen) atoms. The van der Waals surface area contributed by atoms with E-state index in [9.17, 15) is 18.0 Å². The number of hydrogen-bond acceptors (Lipinski definition) is 8. The van der Waals surface area contributed by atoms with Gasteiger partial charge in [-0.1, -0.05) is 64.8 Å². The van der Waals surface area contributed by atoms with Gasteiger partial charge in [0.1, 0.15) is 0 Å². The Morgan fingerprint density at radius 3 is 1.93 bits per heavy atom. The van der Waals surface area contributed by atoms with Gasteiger partial charge in [-0.15, -0.1) is 0 Å². The molecule has 0 bridgehead atoms. The number of rotatable bonds is 21. The number of nitrogens with zero attached hydrogens (tertiary/aromatic N) is 3. The predicted molar refractivity (Wildman–Crippen MR) is 176 cm³/mol. The second kappa shape index (κ2) is 19.5. The lowest BCUT2D eigenvalue weighted by atomic mass is 9.92. The molecule has 1 amide bonds. The number of ketones is 1. The monoisotopic (exact) mass is 650 g/mol. The van der Waals surface area contributed by atoms with E-state index in [2.05, 4.69) is 15.3 Å². The number of azide groups is 1. The SMILES string of the molecule is Cc1ccc(CCC(CS(=O)(=O)c2ccc(C)cc2)C(=O)c2ccc(C(=O)NCCOCCOCCOCCN=[N+]=[N-])cc2)cc1. The summed E-state index contributed by atoms with van der Waals surface area (Å²) in [5, 5.41) is 6.15. The van der Waals surface area contributed by atoms with Crippen LogP contribution >= 0.6 is 0 Å². The second-order valence-corrected chi connectivity index (χ2v) is 12.8. The number of amides is 1. The highest BCUT2D eigenvalue weighted by atomic mass is 32.2. The van der Waals surface area contributed by atoms with Crippen molar-refractivity contribution in [1.82, 2.24) is 5.32 Å². The van der Waals surface area contributed by atoms with Crippen LogP contribution in [0.1, 0.15) is 43.8 Å². The zero-order chi connectivity index (χ0) is 33.2. The van der Waals surface area contributed by atoms with Crippen molar-refractivity contribution in [1.29, 1.82) is 0 Å². The summed E-state index contributed by atoms with van der Waals surface area (Å²) in [6, 6.07) is 20.9. The number of Topliss-reactive ketones (excluding diaryl/α,β-unsaturated/α-hetero) is 1. The third-order valence-electron chi connectivity index (χ3n) is 7.18. The Hall–Kier alpha value is -4.06. The lowest BCUT2D eigenvalue weighted by Crippen LogP contribution is -2.28. The first-order valence-corrected chi connectivity index (χ1v) is 16.9. The van der Waals surface area contributed by atoms with E-state index in [0.29, 0.717) is 70.2 Å². The van der Waals surface area contributed by atoms with Gasteiger partial charge in [-0.3, -0.25) is 9.59 Å². The second-order valence-electron chi connectivity index (χ2n) is 10.8. The molecule has 1 unspecified atom stereocenters. The van der Waals surface area contributed by atoms with Crippen molar-refractivity contribution in [2.75, 3.05) is 58.5 Å². The Balaban J connectivity index is 1.50. The average Bonchev–Trinajstić information content (AvgIpc) is 3.05. The summed E-state index contributed by atoms with van der Waals surface area (Å²) >= 11 is 0. The van der Waals surface area contributed by atoms with Crippen molar-refractivity contribution in [3.63, 3.8) is 0 Å². The van der Waals surface area contributed by atoms with Crippen molar-refractivity contribution in [3.8, 4) is 0 Å². The number of benzene rings is 3. The van der Waals surface area contributed by atoms with E-state index in [4.69, 9.17) is 19.7 Å². The number of carbonyl (C=O) groups excluding carboxylic acids is 2. The maximum absolute atomic E-state index is 13.7. The van der Waals surface area contributed by atoms with E-state index in [1.165, 1.54) is 0 Å². The van der Waals surface area contributed by atoms with Crippen LogP contribution in [0.15, 0.2) is 82.8 Å². The fraction of sp³-hybridized carbons (Fsp3) is 0.412. The van der Waals surface area contributed by atoms with E-state index in [1.807, 2.05) is 38.1 Å². The molecular formula is C34H42N4O7S. The maximum Gasteiger partial charge on any atom is 0.251 e. The van der Waals surface area contributed by atoms with Crippen LogP contribution in [0.2, 0.25) is 0 Å². The highest BCUT2D eigenvalue weighted by Crippen LogP contribution is 2.23.